The minimum absolute atomic E-state index is 0.429. The molecule has 0 fully saturated rings. The third kappa shape index (κ3) is 2.17. The summed E-state index contributed by atoms with van der Waals surface area (Å²) in [5, 5.41) is 8.99. The minimum atomic E-state index is -1.08. The van der Waals surface area contributed by atoms with Crippen LogP contribution in [0.5, 0.6) is 0 Å². The van der Waals surface area contributed by atoms with Crippen molar-refractivity contribution in [1.29, 1.82) is 0 Å². The number of carbonyl (C=O) groups is 1. The average molecular weight is 200 g/mol. The lowest BCUT2D eigenvalue weighted by Crippen LogP contribution is -2.42. The van der Waals surface area contributed by atoms with E-state index in [0.29, 0.717) is 0 Å². The summed E-state index contributed by atoms with van der Waals surface area (Å²) >= 11 is 0. The van der Waals surface area contributed by atoms with Crippen molar-refractivity contribution in [2.75, 3.05) is 13.6 Å². The molecule has 0 bridgehead atoms. The van der Waals surface area contributed by atoms with Crippen LogP contribution in [-0.2, 0) is 9.53 Å². The standard InChI is InChI=1S/C9H16N2O3/c1-4-11-6-5-10(3)9(11)14-8(13)7(2)12/h5-7,9,12H,4H2,1-3H3. The molecule has 0 amide bonds. The molecule has 14 heavy (non-hydrogen) atoms. The molecule has 5 heteroatoms. The summed E-state index contributed by atoms with van der Waals surface area (Å²) in [4.78, 5) is 14.8. The van der Waals surface area contributed by atoms with Crippen molar-refractivity contribution >= 4 is 5.97 Å². The molecule has 1 N–H and O–H groups in total. The van der Waals surface area contributed by atoms with Crippen molar-refractivity contribution in [1.82, 2.24) is 9.80 Å². The van der Waals surface area contributed by atoms with Crippen LogP contribution < -0.4 is 0 Å². The van der Waals surface area contributed by atoms with Gasteiger partial charge in [0.1, 0.15) is 6.10 Å². The fourth-order valence-electron chi connectivity index (χ4n) is 1.19. The minimum Gasteiger partial charge on any atom is -0.420 e. The Balaban J connectivity index is 2.55. The van der Waals surface area contributed by atoms with Gasteiger partial charge in [-0.25, -0.2) is 4.79 Å². The molecular formula is C9H16N2O3. The number of carbonyl (C=O) groups excluding carboxylic acids is 1. The summed E-state index contributed by atoms with van der Waals surface area (Å²) in [6.07, 6.45) is 2.16. The third-order valence-electron chi connectivity index (χ3n) is 2.05. The number of hydrogen-bond acceptors (Lipinski definition) is 5. The first-order valence-electron chi connectivity index (χ1n) is 4.60. The zero-order chi connectivity index (χ0) is 10.7. The van der Waals surface area contributed by atoms with Gasteiger partial charge in [-0.15, -0.1) is 0 Å². The predicted octanol–water partition coefficient (Wildman–Crippen LogP) is -0.0675. The summed E-state index contributed by atoms with van der Waals surface area (Å²) in [5.74, 6) is -0.607. The molecular weight excluding hydrogens is 184 g/mol. The van der Waals surface area contributed by atoms with Crippen LogP contribution in [0.15, 0.2) is 12.4 Å². The van der Waals surface area contributed by atoms with Crippen molar-refractivity contribution in [2.24, 2.45) is 0 Å². The molecule has 1 heterocycles. The Labute approximate surface area is 83.6 Å². The molecule has 80 valence electrons. The van der Waals surface area contributed by atoms with E-state index >= 15 is 0 Å². The number of nitrogens with zero attached hydrogens (tertiary/aromatic N) is 2. The molecule has 0 aromatic carbocycles. The lowest BCUT2D eigenvalue weighted by atomic mass is 10.4. The van der Waals surface area contributed by atoms with Gasteiger partial charge in [0.05, 0.1) is 0 Å². The van der Waals surface area contributed by atoms with Gasteiger partial charge in [0, 0.05) is 26.0 Å². The van der Waals surface area contributed by atoms with Crippen molar-refractivity contribution in [3.8, 4) is 0 Å². The third-order valence-corrected chi connectivity index (χ3v) is 2.05. The SMILES string of the molecule is CCN1C=CN(C)C1OC(=O)C(C)O. The zero-order valence-electron chi connectivity index (χ0n) is 8.67. The molecule has 2 atom stereocenters. The van der Waals surface area contributed by atoms with Crippen LogP contribution in [-0.4, -0.2) is 46.9 Å². The van der Waals surface area contributed by atoms with Gasteiger partial charge in [0.15, 0.2) is 0 Å². The lowest BCUT2D eigenvalue weighted by molar-refractivity contribution is -0.175. The molecule has 5 nitrogen and oxygen atoms in total. The van der Waals surface area contributed by atoms with Crippen LogP contribution in [0, 0.1) is 0 Å². The predicted molar refractivity (Wildman–Crippen MR) is 50.8 cm³/mol. The summed E-state index contributed by atoms with van der Waals surface area (Å²) in [5.41, 5.74) is 0. The van der Waals surface area contributed by atoms with Crippen LogP contribution in [0.25, 0.3) is 0 Å². The van der Waals surface area contributed by atoms with Crippen molar-refractivity contribution in [3.05, 3.63) is 12.4 Å². The van der Waals surface area contributed by atoms with Gasteiger partial charge >= 0.3 is 5.97 Å². The van der Waals surface area contributed by atoms with Crippen LogP contribution in [0.1, 0.15) is 13.8 Å². The van der Waals surface area contributed by atoms with E-state index in [1.54, 1.807) is 4.90 Å². The highest BCUT2D eigenvalue weighted by atomic mass is 16.6. The quantitative estimate of drug-likeness (QED) is 0.646. The molecule has 0 aromatic heterocycles. The van der Waals surface area contributed by atoms with E-state index in [1.165, 1.54) is 6.92 Å². The smallest absolute Gasteiger partial charge is 0.337 e. The Morgan fingerprint density at radius 3 is 2.79 bits per heavy atom. The normalized spacial score (nSPS) is 22.7. The Bertz CT molecular complexity index is 240. The van der Waals surface area contributed by atoms with Crippen LogP contribution in [0.4, 0.5) is 0 Å². The highest BCUT2D eigenvalue weighted by Crippen LogP contribution is 2.14. The Kier molecular flexibility index (Phi) is 3.35. The number of rotatable bonds is 3. The second-order valence-electron chi connectivity index (χ2n) is 3.23. The molecule has 0 aliphatic carbocycles. The van der Waals surface area contributed by atoms with E-state index in [9.17, 15) is 4.79 Å². The fourth-order valence-corrected chi connectivity index (χ4v) is 1.19. The van der Waals surface area contributed by atoms with Crippen molar-refractivity contribution in [3.63, 3.8) is 0 Å². The van der Waals surface area contributed by atoms with Gasteiger partial charge in [-0.3, -0.25) is 0 Å². The van der Waals surface area contributed by atoms with Gasteiger partial charge in [-0.2, -0.15) is 0 Å². The number of aliphatic hydroxyl groups is 1. The highest BCUT2D eigenvalue weighted by molar-refractivity contribution is 5.73. The first-order valence-corrected chi connectivity index (χ1v) is 4.60. The second-order valence-corrected chi connectivity index (χ2v) is 3.23. The number of esters is 1. The number of hydrogen-bond donors (Lipinski definition) is 1. The summed E-state index contributed by atoms with van der Waals surface area (Å²) in [6.45, 7) is 4.10. The van der Waals surface area contributed by atoms with Gasteiger partial charge in [-0.05, 0) is 13.8 Å². The molecule has 0 spiro atoms. The largest absolute Gasteiger partial charge is 0.420 e. The van der Waals surface area contributed by atoms with E-state index in [1.807, 2.05) is 31.3 Å². The average Bonchev–Trinajstić information content (AvgIpc) is 2.47. The Morgan fingerprint density at radius 1 is 1.64 bits per heavy atom. The maximum atomic E-state index is 11.2. The lowest BCUT2D eigenvalue weighted by Gasteiger charge is -2.28. The summed E-state index contributed by atoms with van der Waals surface area (Å²) < 4.78 is 5.09. The molecule has 2 unspecified atom stereocenters. The molecule has 0 aromatic rings. The van der Waals surface area contributed by atoms with Crippen molar-refractivity contribution in [2.45, 2.75) is 26.3 Å². The number of aliphatic hydroxyl groups excluding tert-OH is 1. The first kappa shape index (κ1) is 10.8. The van der Waals surface area contributed by atoms with E-state index in [4.69, 9.17) is 9.84 Å². The second kappa shape index (κ2) is 4.32. The molecule has 0 radical (unpaired) electrons. The number of ether oxygens (including phenoxy) is 1. The molecule has 1 aliphatic rings. The van der Waals surface area contributed by atoms with E-state index in [0.717, 1.165) is 6.54 Å². The zero-order valence-corrected chi connectivity index (χ0v) is 8.67. The van der Waals surface area contributed by atoms with Crippen LogP contribution in [0.3, 0.4) is 0 Å². The van der Waals surface area contributed by atoms with E-state index < -0.39 is 18.4 Å². The van der Waals surface area contributed by atoms with Crippen molar-refractivity contribution < 1.29 is 14.6 Å². The van der Waals surface area contributed by atoms with Gasteiger partial charge < -0.3 is 19.6 Å². The van der Waals surface area contributed by atoms with E-state index in [2.05, 4.69) is 0 Å². The van der Waals surface area contributed by atoms with Gasteiger partial charge in [-0.1, -0.05) is 0 Å². The maximum Gasteiger partial charge on any atom is 0.337 e. The summed E-state index contributed by atoms with van der Waals surface area (Å²) in [7, 11) is 1.81. The fraction of sp³-hybridized carbons (Fsp3) is 0.667. The maximum absolute atomic E-state index is 11.2. The van der Waals surface area contributed by atoms with Crippen LogP contribution >= 0.6 is 0 Å². The summed E-state index contributed by atoms with van der Waals surface area (Å²) in [6, 6.07) is 0. The Hall–Kier alpha value is -1.23. The first-order chi connectivity index (χ1) is 6.56. The van der Waals surface area contributed by atoms with Gasteiger partial charge in [0.25, 0.3) is 6.35 Å². The monoisotopic (exact) mass is 200 g/mol. The highest BCUT2D eigenvalue weighted by Gasteiger charge is 2.27. The molecule has 1 aliphatic heterocycles. The molecule has 1 rings (SSSR count). The van der Waals surface area contributed by atoms with Crippen LogP contribution in [0.2, 0.25) is 0 Å². The molecule has 0 saturated carbocycles. The van der Waals surface area contributed by atoms with Gasteiger partial charge in [0.2, 0.25) is 0 Å². The molecule has 0 saturated heterocycles. The topological polar surface area (TPSA) is 53.0 Å². The van der Waals surface area contributed by atoms with E-state index in [-0.39, 0.29) is 0 Å². The Morgan fingerprint density at radius 2 is 2.29 bits per heavy atom.